The van der Waals surface area contributed by atoms with Crippen LogP contribution in [0.25, 0.3) is 0 Å². The molecule has 1 heterocycles. The minimum absolute atomic E-state index is 0.443. The molecule has 0 saturated heterocycles. The van der Waals surface area contributed by atoms with Gasteiger partial charge in [0.15, 0.2) is 11.5 Å². The van der Waals surface area contributed by atoms with Crippen LogP contribution in [0.15, 0.2) is 22.0 Å². The number of nitrogens with zero attached hydrogens (tertiary/aromatic N) is 1. The van der Waals surface area contributed by atoms with Gasteiger partial charge in [0.05, 0.1) is 11.6 Å². The molecular formula is C14H17BrN2O2S. The maximum atomic E-state index is 5.85. The average Bonchev–Trinajstić information content (AvgIpc) is 2.83. The second kappa shape index (κ2) is 7.06. The van der Waals surface area contributed by atoms with E-state index in [1.54, 1.807) is 18.4 Å². The number of halogens is 1. The Bertz CT molecular complexity index is 587. The van der Waals surface area contributed by atoms with Crippen LogP contribution >= 0.6 is 27.3 Å². The summed E-state index contributed by atoms with van der Waals surface area (Å²) in [7, 11) is 3.56. The van der Waals surface area contributed by atoms with Crippen LogP contribution < -0.4 is 14.8 Å². The molecule has 2 aromatic rings. The number of rotatable bonds is 6. The number of methoxy groups -OCH3 is 1. The third-order valence-corrected chi connectivity index (χ3v) is 4.21. The summed E-state index contributed by atoms with van der Waals surface area (Å²) in [6.45, 7) is 3.20. The maximum Gasteiger partial charge on any atom is 0.175 e. The van der Waals surface area contributed by atoms with Crippen LogP contribution in [0.4, 0.5) is 0 Å². The van der Waals surface area contributed by atoms with Crippen LogP contribution in [0, 0.1) is 6.92 Å². The lowest BCUT2D eigenvalue weighted by atomic mass is 10.2. The summed E-state index contributed by atoms with van der Waals surface area (Å²) in [5.74, 6) is 1.43. The molecule has 6 heteroatoms. The van der Waals surface area contributed by atoms with Crippen molar-refractivity contribution < 1.29 is 9.47 Å². The van der Waals surface area contributed by atoms with Crippen molar-refractivity contribution in [1.29, 1.82) is 0 Å². The molecule has 0 aliphatic rings. The van der Waals surface area contributed by atoms with Crippen LogP contribution in [0.3, 0.4) is 0 Å². The van der Waals surface area contributed by atoms with Crippen molar-refractivity contribution in [2.45, 2.75) is 20.1 Å². The molecule has 2 rings (SSSR count). The zero-order valence-corrected chi connectivity index (χ0v) is 14.1. The third kappa shape index (κ3) is 3.71. The van der Waals surface area contributed by atoms with Crippen molar-refractivity contribution in [3.63, 3.8) is 0 Å². The van der Waals surface area contributed by atoms with Gasteiger partial charge in [-0.1, -0.05) is 0 Å². The van der Waals surface area contributed by atoms with E-state index >= 15 is 0 Å². The first-order valence-corrected chi connectivity index (χ1v) is 7.86. The van der Waals surface area contributed by atoms with Gasteiger partial charge in [0.25, 0.3) is 0 Å². The Hall–Kier alpha value is -1.11. The molecule has 0 amide bonds. The van der Waals surface area contributed by atoms with Crippen LogP contribution in [0.1, 0.15) is 16.3 Å². The van der Waals surface area contributed by atoms with Gasteiger partial charge in [-0.2, -0.15) is 0 Å². The molecular weight excluding hydrogens is 340 g/mol. The number of nitrogens with one attached hydrogen (secondary N) is 1. The lowest BCUT2D eigenvalue weighted by molar-refractivity contribution is 0.281. The fourth-order valence-corrected chi connectivity index (χ4v) is 3.11. The SMILES string of the molecule is CNCc1cc(Br)c(OCc2nc(C)cs2)c(OC)c1. The van der Waals surface area contributed by atoms with Gasteiger partial charge in [-0.3, -0.25) is 0 Å². The molecule has 1 aromatic heterocycles. The van der Waals surface area contributed by atoms with Gasteiger partial charge in [-0.05, 0) is 47.6 Å². The molecule has 0 spiro atoms. The maximum absolute atomic E-state index is 5.85. The topological polar surface area (TPSA) is 43.4 Å². The number of ether oxygens (including phenoxy) is 2. The number of aromatic nitrogens is 1. The lowest BCUT2D eigenvalue weighted by Crippen LogP contribution is -2.06. The summed E-state index contributed by atoms with van der Waals surface area (Å²) >= 11 is 5.13. The summed E-state index contributed by atoms with van der Waals surface area (Å²) < 4.78 is 12.1. The van der Waals surface area contributed by atoms with Crippen molar-refractivity contribution in [2.75, 3.05) is 14.2 Å². The van der Waals surface area contributed by atoms with Gasteiger partial charge in [-0.25, -0.2) is 4.98 Å². The van der Waals surface area contributed by atoms with E-state index < -0.39 is 0 Å². The Morgan fingerprint density at radius 2 is 2.20 bits per heavy atom. The van der Waals surface area contributed by atoms with E-state index in [1.165, 1.54) is 0 Å². The second-order valence-corrected chi connectivity index (χ2v) is 6.11. The van der Waals surface area contributed by atoms with Crippen molar-refractivity contribution >= 4 is 27.3 Å². The van der Waals surface area contributed by atoms with E-state index in [-0.39, 0.29) is 0 Å². The highest BCUT2D eigenvalue weighted by Crippen LogP contribution is 2.37. The highest BCUT2D eigenvalue weighted by molar-refractivity contribution is 9.10. The Morgan fingerprint density at radius 1 is 1.40 bits per heavy atom. The highest BCUT2D eigenvalue weighted by atomic mass is 79.9. The van der Waals surface area contributed by atoms with Gasteiger partial charge >= 0.3 is 0 Å². The van der Waals surface area contributed by atoms with E-state index in [0.29, 0.717) is 12.4 Å². The molecule has 20 heavy (non-hydrogen) atoms. The summed E-state index contributed by atoms with van der Waals surface area (Å²) in [5, 5.41) is 6.09. The van der Waals surface area contributed by atoms with Crippen molar-refractivity contribution in [3.05, 3.63) is 38.3 Å². The average molecular weight is 357 g/mol. The molecule has 4 nitrogen and oxygen atoms in total. The summed E-state index contributed by atoms with van der Waals surface area (Å²) in [5.41, 5.74) is 2.15. The fraction of sp³-hybridized carbons (Fsp3) is 0.357. The minimum atomic E-state index is 0.443. The summed E-state index contributed by atoms with van der Waals surface area (Å²) in [6, 6.07) is 4.01. The lowest BCUT2D eigenvalue weighted by Gasteiger charge is -2.13. The largest absolute Gasteiger partial charge is 0.493 e. The van der Waals surface area contributed by atoms with Crippen LogP contribution in [-0.2, 0) is 13.2 Å². The molecule has 0 fully saturated rings. The number of hydrogen-bond acceptors (Lipinski definition) is 5. The molecule has 1 aromatic carbocycles. The quantitative estimate of drug-likeness (QED) is 0.859. The van der Waals surface area contributed by atoms with Crippen molar-refractivity contribution in [3.8, 4) is 11.5 Å². The van der Waals surface area contributed by atoms with Gasteiger partial charge in [-0.15, -0.1) is 11.3 Å². The monoisotopic (exact) mass is 356 g/mol. The van der Waals surface area contributed by atoms with Gasteiger partial charge in [0, 0.05) is 17.6 Å². The Balaban J connectivity index is 2.17. The predicted molar refractivity (Wildman–Crippen MR) is 84.6 cm³/mol. The number of aryl methyl sites for hydroxylation is 1. The molecule has 0 unspecified atom stereocenters. The van der Waals surface area contributed by atoms with Crippen LogP contribution in [-0.4, -0.2) is 19.1 Å². The van der Waals surface area contributed by atoms with Crippen molar-refractivity contribution in [2.24, 2.45) is 0 Å². The third-order valence-electron chi connectivity index (χ3n) is 2.68. The molecule has 0 bridgehead atoms. The first kappa shape index (κ1) is 15.3. The molecule has 0 aliphatic heterocycles. The van der Waals surface area contributed by atoms with E-state index in [9.17, 15) is 0 Å². The minimum Gasteiger partial charge on any atom is -0.493 e. The highest BCUT2D eigenvalue weighted by Gasteiger charge is 2.12. The fourth-order valence-electron chi connectivity index (χ4n) is 1.82. The normalized spacial score (nSPS) is 10.6. The second-order valence-electron chi connectivity index (χ2n) is 4.31. The molecule has 0 atom stereocenters. The number of thiazole rings is 1. The van der Waals surface area contributed by atoms with Gasteiger partial charge in [0.2, 0.25) is 0 Å². The zero-order chi connectivity index (χ0) is 14.5. The first-order valence-electron chi connectivity index (χ1n) is 6.19. The molecule has 0 aliphatic carbocycles. The molecule has 0 radical (unpaired) electrons. The zero-order valence-electron chi connectivity index (χ0n) is 11.7. The van der Waals surface area contributed by atoms with Crippen LogP contribution in [0.2, 0.25) is 0 Å². The summed E-state index contributed by atoms with van der Waals surface area (Å²) in [6.07, 6.45) is 0. The number of benzene rings is 1. The smallest absolute Gasteiger partial charge is 0.175 e. The standard InChI is InChI=1S/C14H17BrN2O2S/c1-9-8-20-13(17-9)7-19-14-11(15)4-10(6-16-2)5-12(14)18-3/h4-5,8,16H,6-7H2,1-3H3. The van der Waals surface area contributed by atoms with E-state index in [2.05, 4.69) is 26.2 Å². The molecule has 1 N–H and O–H groups in total. The number of hydrogen-bond donors (Lipinski definition) is 1. The van der Waals surface area contributed by atoms with E-state index in [0.717, 1.165) is 33.0 Å². The van der Waals surface area contributed by atoms with E-state index in [4.69, 9.17) is 9.47 Å². The Labute approximate surface area is 131 Å². The first-order chi connectivity index (χ1) is 9.63. The Morgan fingerprint density at radius 3 is 2.80 bits per heavy atom. The van der Waals surface area contributed by atoms with Crippen LogP contribution in [0.5, 0.6) is 11.5 Å². The Kier molecular flexibility index (Phi) is 5.39. The van der Waals surface area contributed by atoms with Crippen molar-refractivity contribution in [1.82, 2.24) is 10.3 Å². The van der Waals surface area contributed by atoms with Gasteiger partial charge < -0.3 is 14.8 Å². The van der Waals surface area contributed by atoms with E-state index in [1.807, 2.05) is 31.5 Å². The molecule has 108 valence electrons. The predicted octanol–water partition coefficient (Wildman–Crippen LogP) is 3.52. The summed E-state index contributed by atoms with van der Waals surface area (Å²) in [4.78, 5) is 4.39. The van der Waals surface area contributed by atoms with Gasteiger partial charge in [0.1, 0.15) is 11.6 Å². The molecule has 0 saturated carbocycles.